The van der Waals surface area contributed by atoms with Crippen molar-refractivity contribution in [2.45, 2.75) is 12.8 Å². The molecule has 2 heterocycles. The minimum absolute atomic E-state index is 0.763. The van der Waals surface area contributed by atoms with Gasteiger partial charge in [0.25, 0.3) is 0 Å². The highest BCUT2D eigenvalue weighted by atomic mass is 16.5. The monoisotopic (exact) mass is 191 g/mol. The van der Waals surface area contributed by atoms with E-state index < -0.39 is 0 Å². The van der Waals surface area contributed by atoms with Crippen LogP contribution < -0.4 is 14.8 Å². The summed E-state index contributed by atoms with van der Waals surface area (Å²) in [6, 6.07) is 4.08. The van der Waals surface area contributed by atoms with E-state index in [2.05, 4.69) is 11.4 Å². The van der Waals surface area contributed by atoms with E-state index in [-0.39, 0.29) is 0 Å². The van der Waals surface area contributed by atoms with E-state index in [0.29, 0.717) is 0 Å². The van der Waals surface area contributed by atoms with Gasteiger partial charge in [-0.3, -0.25) is 0 Å². The van der Waals surface area contributed by atoms with Crippen LogP contribution in [0, 0.1) is 0 Å². The molecule has 2 aliphatic heterocycles. The fourth-order valence-electron chi connectivity index (χ4n) is 2.03. The zero-order valence-electron chi connectivity index (χ0n) is 8.01. The molecule has 1 aromatic rings. The van der Waals surface area contributed by atoms with Crippen LogP contribution in [0.1, 0.15) is 12.0 Å². The number of benzene rings is 1. The second-order valence-electron chi connectivity index (χ2n) is 3.65. The summed E-state index contributed by atoms with van der Waals surface area (Å²) >= 11 is 0. The van der Waals surface area contributed by atoms with Crippen molar-refractivity contribution < 1.29 is 9.47 Å². The zero-order valence-corrected chi connectivity index (χ0v) is 8.01. The van der Waals surface area contributed by atoms with Gasteiger partial charge in [0.1, 0.15) is 0 Å². The molecule has 0 saturated heterocycles. The van der Waals surface area contributed by atoms with Crippen LogP contribution in [0.4, 0.5) is 5.69 Å². The second kappa shape index (κ2) is 3.08. The Morgan fingerprint density at radius 3 is 3.07 bits per heavy atom. The van der Waals surface area contributed by atoms with Gasteiger partial charge < -0.3 is 14.8 Å². The largest absolute Gasteiger partial charge is 0.490 e. The lowest BCUT2D eigenvalue weighted by molar-refractivity contribution is 0.296. The van der Waals surface area contributed by atoms with Crippen molar-refractivity contribution in [1.82, 2.24) is 0 Å². The summed E-state index contributed by atoms with van der Waals surface area (Å²) in [7, 11) is 0. The summed E-state index contributed by atoms with van der Waals surface area (Å²) < 4.78 is 11.3. The summed E-state index contributed by atoms with van der Waals surface area (Å²) in [5, 5.41) is 3.34. The molecule has 74 valence electrons. The highest BCUT2D eigenvalue weighted by Crippen LogP contribution is 2.40. The fourth-order valence-corrected chi connectivity index (χ4v) is 2.03. The van der Waals surface area contributed by atoms with Gasteiger partial charge >= 0.3 is 0 Å². The van der Waals surface area contributed by atoms with Crippen LogP contribution in [0.15, 0.2) is 12.1 Å². The summed E-state index contributed by atoms with van der Waals surface area (Å²) in [5.74, 6) is 1.87. The first-order chi connectivity index (χ1) is 6.95. The van der Waals surface area contributed by atoms with Gasteiger partial charge in [0.05, 0.1) is 13.2 Å². The molecule has 1 aromatic carbocycles. The van der Waals surface area contributed by atoms with Gasteiger partial charge in [0.2, 0.25) is 0 Å². The maximum absolute atomic E-state index is 5.73. The molecular formula is C11H13NO2. The topological polar surface area (TPSA) is 30.5 Å². The number of fused-ring (bicyclic) bond motifs is 3. The van der Waals surface area contributed by atoms with Crippen LogP contribution in [0.2, 0.25) is 0 Å². The number of rotatable bonds is 0. The van der Waals surface area contributed by atoms with Crippen LogP contribution in [0.25, 0.3) is 0 Å². The Labute approximate surface area is 83.0 Å². The summed E-state index contributed by atoms with van der Waals surface area (Å²) in [5.41, 5.74) is 2.48. The molecule has 0 aliphatic carbocycles. The third-order valence-electron chi connectivity index (χ3n) is 2.71. The molecule has 0 fully saturated rings. The van der Waals surface area contributed by atoms with E-state index in [4.69, 9.17) is 9.47 Å². The highest BCUT2D eigenvalue weighted by Gasteiger charge is 2.20. The van der Waals surface area contributed by atoms with E-state index in [0.717, 1.165) is 44.1 Å². The summed E-state index contributed by atoms with van der Waals surface area (Å²) in [6.45, 7) is 2.54. The van der Waals surface area contributed by atoms with Crippen molar-refractivity contribution in [1.29, 1.82) is 0 Å². The third-order valence-corrected chi connectivity index (χ3v) is 2.71. The predicted molar refractivity (Wildman–Crippen MR) is 54.2 cm³/mol. The molecular weight excluding hydrogens is 178 g/mol. The highest BCUT2D eigenvalue weighted by molar-refractivity contribution is 5.65. The Morgan fingerprint density at radius 2 is 2.07 bits per heavy atom. The standard InChI is InChI=1S/C11H13NO2/c1-6-13-10-3-2-9-8(4-5-12-9)11(10)14-7-1/h2-3,12H,1,4-7H2. The minimum Gasteiger partial charge on any atom is -0.490 e. The molecule has 3 rings (SSSR count). The van der Waals surface area contributed by atoms with Gasteiger partial charge in [-0.1, -0.05) is 0 Å². The fraction of sp³-hybridized carbons (Fsp3) is 0.455. The molecule has 0 amide bonds. The van der Waals surface area contributed by atoms with Crippen molar-refractivity contribution in [3.63, 3.8) is 0 Å². The zero-order chi connectivity index (χ0) is 9.38. The Kier molecular flexibility index (Phi) is 1.76. The van der Waals surface area contributed by atoms with E-state index >= 15 is 0 Å². The molecule has 3 heteroatoms. The Balaban J connectivity index is 2.11. The molecule has 0 unspecified atom stereocenters. The third kappa shape index (κ3) is 1.12. The van der Waals surface area contributed by atoms with Crippen molar-refractivity contribution in [3.05, 3.63) is 17.7 Å². The molecule has 0 atom stereocenters. The van der Waals surface area contributed by atoms with Crippen molar-refractivity contribution >= 4 is 5.69 Å². The van der Waals surface area contributed by atoms with Gasteiger partial charge in [0.15, 0.2) is 11.5 Å². The van der Waals surface area contributed by atoms with E-state index in [1.165, 1.54) is 11.3 Å². The second-order valence-corrected chi connectivity index (χ2v) is 3.65. The Bertz CT molecular complexity index is 363. The maximum Gasteiger partial charge on any atom is 0.166 e. The number of nitrogens with one attached hydrogen (secondary N) is 1. The lowest BCUT2D eigenvalue weighted by Gasteiger charge is -2.10. The SMILES string of the molecule is c1cc2c(c3c1NCC3)OCCCO2. The number of hydrogen-bond acceptors (Lipinski definition) is 3. The molecule has 3 nitrogen and oxygen atoms in total. The number of hydrogen-bond donors (Lipinski definition) is 1. The van der Waals surface area contributed by atoms with E-state index in [1.807, 2.05) is 6.07 Å². The van der Waals surface area contributed by atoms with Gasteiger partial charge in [-0.05, 0) is 18.6 Å². The molecule has 0 radical (unpaired) electrons. The molecule has 2 aliphatic rings. The average molecular weight is 191 g/mol. The quantitative estimate of drug-likeness (QED) is 0.678. The Hall–Kier alpha value is -1.38. The van der Waals surface area contributed by atoms with Gasteiger partial charge in [-0.2, -0.15) is 0 Å². The van der Waals surface area contributed by atoms with Crippen molar-refractivity contribution in [2.24, 2.45) is 0 Å². The average Bonchev–Trinajstić information content (AvgIpc) is 2.55. The van der Waals surface area contributed by atoms with Crippen LogP contribution >= 0.6 is 0 Å². The lowest BCUT2D eigenvalue weighted by atomic mass is 10.1. The Morgan fingerprint density at radius 1 is 1.14 bits per heavy atom. The van der Waals surface area contributed by atoms with Crippen LogP contribution in [-0.2, 0) is 6.42 Å². The maximum atomic E-state index is 5.73. The molecule has 0 aromatic heterocycles. The first kappa shape index (κ1) is 7.97. The van der Waals surface area contributed by atoms with Gasteiger partial charge in [-0.25, -0.2) is 0 Å². The molecule has 0 bridgehead atoms. The number of anilines is 1. The smallest absolute Gasteiger partial charge is 0.166 e. The lowest BCUT2D eigenvalue weighted by Crippen LogP contribution is -1.98. The van der Waals surface area contributed by atoms with Crippen LogP contribution in [0.3, 0.4) is 0 Å². The predicted octanol–water partition coefficient (Wildman–Crippen LogP) is 1.82. The molecule has 14 heavy (non-hydrogen) atoms. The van der Waals surface area contributed by atoms with E-state index in [1.54, 1.807) is 0 Å². The van der Waals surface area contributed by atoms with Crippen molar-refractivity contribution in [2.75, 3.05) is 25.1 Å². The van der Waals surface area contributed by atoms with E-state index in [9.17, 15) is 0 Å². The van der Waals surface area contributed by atoms with Crippen LogP contribution in [-0.4, -0.2) is 19.8 Å². The molecule has 0 spiro atoms. The molecule has 1 N–H and O–H groups in total. The summed E-state index contributed by atoms with van der Waals surface area (Å²) in [6.07, 6.45) is 2.01. The number of ether oxygens (including phenoxy) is 2. The first-order valence-corrected chi connectivity index (χ1v) is 5.10. The normalized spacial score (nSPS) is 18.3. The molecule has 0 saturated carbocycles. The summed E-state index contributed by atoms with van der Waals surface area (Å²) in [4.78, 5) is 0. The van der Waals surface area contributed by atoms with Crippen LogP contribution in [0.5, 0.6) is 11.5 Å². The minimum atomic E-state index is 0.763. The van der Waals surface area contributed by atoms with Gasteiger partial charge in [-0.15, -0.1) is 0 Å². The first-order valence-electron chi connectivity index (χ1n) is 5.10. The van der Waals surface area contributed by atoms with Crippen molar-refractivity contribution in [3.8, 4) is 11.5 Å². The van der Waals surface area contributed by atoms with Gasteiger partial charge in [0, 0.05) is 24.2 Å².